The van der Waals surface area contributed by atoms with Crippen molar-refractivity contribution in [2.75, 3.05) is 28.2 Å². The van der Waals surface area contributed by atoms with Gasteiger partial charge in [-0.3, -0.25) is 9.59 Å². The number of nitrogens with one attached hydrogen (secondary N) is 1. The van der Waals surface area contributed by atoms with Crippen molar-refractivity contribution in [3.05, 3.63) is 94.6 Å². The number of hydrogen-bond donors (Lipinski definition) is 1. The number of benzene rings is 3. The Bertz CT molecular complexity index is 1220. The monoisotopic (exact) mass is 459 g/mol. The smallest absolute Gasteiger partial charge is 0.282 e. The minimum Gasteiger partial charge on any atom is -0.372 e. The summed E-state index contributed by atoms with van der Waals surface area (Å²) in [6, 6.07) is 22.3. The maximum atomic E-state index is 13.6. The number of hydrogen-bond acceptors (Lipinski definition) is 4. The van der Waals surface area contributed by atoms with E-state index in [4.69, 9.17) is 11.6 Å². The summed E-state index contributed by atoms with van der Waals surface area (Å²) < 4.78 is 0. The van der Waals surface area contributed by atoms with Gasteiger partial charge in [0.1, 0.15) is 5.70 Å². The van der Waals surface area contributed by atoms with Crippen molar-refractivity contribution in [1.29, 1.82) is 0 Å². The van der Waals surface area contributed by atoms with Crippen LogP contribution in [0.5, 0.6) is 0 Å². The number of imide groups is 1. The average molecular weight is 460 g/mol. The molecule has 33 heavy (non-hydrogen) atoms. The number of anilines is 3. The van der Waals surface area contributed by atoms with Crippen molar-refractivity contribution >= 4 is 46.1 Å². The van der Waals surface area contributed by atoms with Crippen LogP contribution in [0.2, 0.25) is 5.02 Å². The van der Waals surface area contributed by atoms with E-state index in [2.05, 4.69) is 24.1 Å². The van der Waals surface area contributed by atoms with Crippen LogP contribution in [0, 0.1) is 6.92 Å². The predicted molar refractivity (Wildman–Crippen MR) is 136 cm³/mol. The van der Waals surface area contributed by atoms with Crippen LogP contribution in [-0.4, -0.2) is 24.9 Å². The number of carbonyl (C=O) groups excluding carboxylic acids is 2. The van der Waals surface area contributed by atoms with E-state index in [1.165, 1.54) is 4.90 Å². The SMILES string of the molecule is CCN(CC)c1ccc(NC2=C(c3ccccc3)C(=O)N(c3ccc(Cl)cc3C)C2=O)cc1. The van der Waals surface area contributed by atoms with Crippen LogP contribution in [0.25, 0.3) is 5.57 Å². The molecule has 0 atom stereocenters. The zero-order chi connectivity index (χ0) is 23.5. The van der Waals surface area contributed by atoms with E-state index >= 15 is 0 Å². The molecule has 0 bridgehead atoms. The summed E-state index contributed by atoms with van der Waals surface area (Å²) in [6.07, 6.45) is 0. The summed E-state index contributed by atoms with van der Waals surface area (Å²) in [6.45, 7) is 7.89. The zero-order valence-corrected chi connectivity index (χ0v) is 19.7. The molecule has 0 radical (unpaired) electrons. The predicted octanol–water partition coefficient (Wildman–Crippen LogP) is 5.89. The topological polar surface area (TPSA) is 52.7 Å². The zero-order valence-electron chi connectivity index (χ0n) is 18.9. The lowest BCUT2D eigenvalue weighted by Crippen LogP contribution is -2.33. The first-order valence-electron chi connectivity index (χ1n) is 11.0. The Morgan fingerprint density at radius 2 is 1.55 bits per heavy atom. The molecule has 168 valence electrons. The van der Waals surface area contributed by atoms with Gasteiger partial charge in [-0.15, -0.1) is 0 Å². The van der Waals surface area contributed by atoms with Gasteiger partial charge >= 0.3 is 0 Å². The summed E-state index contributed by atoms with van der Waals surface area (Å²) in [5, 5.41) is 3.78. The Morgan fingerprint density at radius 1 is 0.879 bits per heavy atom. The maximum absolute atomic E-state index is 13.6. The fourth-order valence-corrected chi connectivity index (χ4v) is 4.32. The number of carbonyl (C=O) groups is 2. The van der Waals surface area contributed by atoms with Crippen molar-refractivity contribution in [3.63, 3.8) is 0 Å². The van der Waals surface area contributed by atoms with E-state index < -0.39 is 5.91 Å². The second-order valence-electron chi connectivity index (χ2n) is 7.84. The molecule has 1 N–H and O–H groups in total. The minimum absolute atomic E-state index is 0.260. The van der Waals surface area contributed by atoms with Crippen LogP contribution >= 0.6 is 11.6 Å². The van der Waals surface area contributed by atoms with Gasteiger partial charge in [-0.2, -0.15) is 0 Å². The molecule has 1 aliphatic rings. The van der Waals surface area contributed by atoms with Gasteiger partial charge in [-0.05, 0) is 74.4 Å². The van der Waals surface area contributed by atoms with E-state index in [0.717, 1.165) is 30.0 Å². The molecule has 1 heterocycles. The van der Waals surface area contributed by atoms with Crippen LogP contribution in [0.3, 0.4) is 0 Å². The fourth-order valence-electron chi connectivity index (χ4n) is 4.10. The van der Waals surface area contributed by atoms with Gasteiger partial charge in [0.05, 0.1) is 11.3 Å². The molecule has 0 unspecified atom stereocenters. The molecule has 0 aromatic heterocycles. The molecule has 0 saturated heterocycles. The third-order valence-electron chi connectivity index (χ3n) is 5.81. The summed E-state index contributed by atoms with van der Waals surface area (Å²) in [5.74, 6) is -0.754. The molecule has 0 saturated carbocycles. The first-order valence-corrected chi connectivity index (χ1v) is 11.4. The molecule has 1 aliphatic heterocycles. The van der Waals surface area contributed by atoms with Gasteiger partial charge in [-0.1, -0.05) is 41.9 Å². The van der Waals surface area contributed by atoms with E-state index in [9.17, 15) is 9.59 Å². The van der Waals surface area contributed by atoms with Crippen molar-refractivity contribution in [3.8, 4) is 0 Å². The van der Waals surface area contributed by atoms with Gasteiger partial charge in [-0.25, -0.2) is 4.90 Å². The van der Waals surface area contributed by atoms with E-state index in [1.807, 2.05) is 61.5 Å². The summed E-state index contributed by atoms with van der Waals surface area (Å²) in [5.41, 5.74) is 4.42. The summed E-state index contributed by atoms with van der Waals surface area (Å²) in [4.78, 5) is 30.6. The lowest BCUT2D eigenvalue weighted by Gasteiger charge is -2.21. The van der Waals surface area contributed by atoms with Crippen LogP contribution < -0.4 is 15.1 Å². The Kier molecular flexibility index (Phi) is 6.52. The highest BCUT2D eigenvalue weighted by molar-refractivity contribution is 6.46. The van der Waals surface area contributed by atoms with Crippen LogP contribution in [0.15, 0.2) is 78.5 Å². The highest BCUT2D eigenvalue weighted by Gasteiger charge is 2.40. The third-order valence-corrected chi connectivity index (χ3v) is 6.05. The molecule has 4 rings (SSSR count). The Balaban J connectivity index is 1.75. The molecular formula is C27H26ClN3O2. The van der Waals surface area contributed by atoms with E-state index in [-0.39, 0.29) is 11.6 Å². The van der Waals surface area contributed by atoms with Crippen molar-refractivity contribution in [2.45, 2.75) is 20.8 Å². The average Bonchev–Trinajstić information content (AvgIpc) is 3.06. The molecular weight excluding hydrogens is 434 g/mol. The van der Waals surface area contributed by atoms with Crippen LogP contribution in [0.4, 0.5) is 17.1 Å². The van der Waals surface area contributed by atoms with Gasteiger partial charge in [0.25, 0.3) is 11.8 Å². The minimum atomic E-state index is -0.392. The van der Waals surface area contributed by atoms with Crippen molar-refractivity contribution in [2.24, 2.45) is 0 Å². The quantitative estimate of drug-likeness (QED) is 0.447. The molecule has 3 aromatic carbocycles. The van der Waals surface area contributed by atoms with Gasteiger partial charge in [0.2, 0.25) is 0 Å². The number of nitrogens with zero attached hydrogens (tertiary/aromatic N) is 2. The first kappa shape index (κ1) is 22.6. The Hall–Kier alpha value is -3.57. The highest BCUT2D eigenvalue weighted by atomic mass is 35.5. The van der Waals surface area contributed by atoms with Gasteiger partial charge < -0.3 is 10.2 Å². The number of halogens is 1. The van der Waals surface area contributed by atoms with Crippen molar-refractivity contribution in [1.82, 2.24) is 0 Å². The standard InChI is InChI=1S/C27H26ClN3O2/c1-4-30(5-2)22-14-12-21(13-15-22)29-25-24(19-9-7-6-8-10-19)26(32)31(27(25)33)23-16-11-20(28)17-18(23)3/h6-17,29H,4-5H2,1-3H3. The van der Waals surface area contributed by atoms with Crippen molar-refractivity contribution < 1.29 is 9.59 Å². The molecule has 3 aromatic rings. The fraction of sp³-hybridized carbons (Fsp3) is 0.185. The molecule has 0 spiro atoms. The van der Waals surface area contributed by atoms with E-state index in [1.54, 1.807) is 18.2 Å². The summed E-state index contributed by atoms with van der Waals surface area (Å²) in [7, 11) is 0. The maximum Gasteiger partial charge on any atom is 0.282 e. The van der Waals surface area contributed by atoms with Gasteiger partial charge in [0.15, 0.2) is 0 Å². The Labute approximate surface area is 199 Å². The number of aryl methyl sites for hydroxylation is 1. The molecule has 0 aliphatic carbocycles. The van der Waals surface area contributed by atoms with Crippen LogP contribution in [0.1, 0.15) is 25.0 Å². The molecule has 5 nitrogen and oxygen atoms in total. The molecule has 0 fully saturated rings. The van der Waals surface area contributed by atoms with Crippen LogP contribution in [-0.2, 0) is 9.59 Å². The second-order valence-corrected chi connectivity index (χ2v) is 8.27. The third kappa shape index (κ3) is 4.37. The molecule has 2 amide bonds. The largest absolute Gasteiger partial charge is 0.372 e. The highest BCUT2D eigenvalue weighted by Crippen LogP contribution is 2.36. The summed E-state index contributed by atoms with van der Waals surface area (Å²) >= 11 is 6.10. The lowest BCUT2D eigenvalue weighted by atomic mass is 10.0. The second kappa shape index (κ2) is 9.51. The molecule has 6 heteroatoms. The Morgan fingerprint density at radius 3 is 2.15 bits per heavy atom. The normalized spacial score (nSPS) is 13.6. The first-order chi connectivity index (χ1) is 15.9. The lowest BCUT2D eigenvalue weighted by molar-refractivity contribution is -0.120. The van der Waals surface area contributed by atoms with E-state index in [0.29, 0.717) is 21.8 Å². The number of rotatable bonds is 7. The number of amides is 2. The van der Waals surface area contributed by atoms with Gasteiger partial charge in [0, 0.05) is 29.5 Å².